The Balaban J connectivity index is 1.13. The minimum Gasteiger partial charge on any atom is -0.462 e. The fourth-order valence-corrected chi connectivity index (χ4v) is 7.12. The van der Waals surface area contributed by atoms with Crippen molar-refractivity contribution in [1.29, 1.82) is 0 Å². The summed E-state index contributed by atoms with van der Waals surface area (Å²) < 4.78 is 12.5. The zero-order valence-electron chi connectivity index (χ0n) is 26.3. The van der Waals surface area contributed by atoms with E-state index in [1.54, 1.807) is 35.6 Å². The van der Waals surface area contributed by atoms with Crippen molar-refractivity contribution in [2.75, 3.05) is 4.90 Å². The summed E-state index contributed by atoms with van der Waals surface area (Å²) >= 11 is 1.67. The van der Waals surface area contributed by atoms with Crippen LogP contribution in [0.2, 0.25) is 0 Å². The van der Waals surface area contributed by atoms with Gasteiger partial charge in [0.05, 0.1) is 16.3 Å². The zero-order valence-corrected chi connectivity index (χ0v) is 27.1. The zero-order chi connectivity index (χ0) is 32.8. The Bertz CT molecular complexity index is 2270. The monoisotopic (exact) mass is 643 g/mol. The fourth-order valence-electron chi connectivity index (χ4n) is 6.35. The highest BCUT2D eigenvalue weighted by Gasteiger charge is 2.36. The highest BCUT2D eigenvalue weighted by molar-refractivity contribution is 7.14. The first kappa shape index (κ1) is 29.4. The molecule has 0 saturated carbocycles. The number of anilines is 3. The number of hydrogen-bond donors (Lipinski definition) is 0. The molecule has 0 radical (unpaired) electrons. The minimum atomic E-state index is -0.281. The van der Waals surface area contributed by atoms with Crippen molar-refractivity contribution in [3.8, 4) is 16.9 Å². The molecule has 2 aliphatic heterocycles. The lowest BCUT2D eigenvalue weighted by Crippen LogP contribution is -2.10. The Labute approximate surface area is 282 Å². The molecule has 5 aromatic rings. The number of thiophene rings is 1. The van der Waals surface area contributed by atoms with E-state index in [2.05, 4.69) is 53.6 Å². The van der Waals surface area contributed by atoms with E-state index in [1.807, 2.05) is 79.7 Å². The van der Waals surface area contributed by atoms with Gasteiger partial charge in [-0.3, -0.25) is 9.59 Å². The lowest BCUT2D eigenvalue weighted by atomic mass is 9.99. The Kier molecular flexibility index (Phi) is 7.35. The number of rotatable bonds is 5. The SMILES string of the molecule is CC1=C/C(=C2/C(=O)c3ccc(-c4ccccc4)cc3C2=O)C=C(/C=C2\C=C(C)c3ccc(N(c4ccccc4)c4cccs4)cc3O2)O1. The number of ether oxygens (including phenoxy) is 2. The molecule has 0 amide bonds. The van der Waals surface area contributed by atoms with Gasteiger partial charge in [0, 0.05) is 34.5 Å². The molecule has 4 aromatic carbocycles. The molecule has 3 aliphatic rings. The van der Waals surface area contributed by atoms with Crippen LogP contribution in [0, 0.1) is 0 Å². The van der Waals surface area contributed by atoms with Crippen molar-refractivity contribution in [2.45, 2.75) is 13.8 Å². The van der Waals surface area contributed by atoms with Gasteiger partial charge in [-0.15, -0.1) is 11.3 Å². The largest absolute Gasteiger partial charge is 0.462 e. The van der Waals surface area contributed by atoms with Crippen molar-refractivity contribution >= 4 is 44.9 Å². The number of ketones is 2. The van der Waals surface area contributed by atoms with Crippen LogP contribution in [0.3, 0.4) is 0 Å². The van der Waals surface area contributed by atoms with Gasteiger partial charge in [0.15, 0.2) is 11.6 Å². The lowest BCUT2D eigenvalue weighted by molar-refractivity contribution is 0.0987. The second-order valence-electron chi connectivity index (χ2n) is 11.8. The second-order valence-corrected chi connectivity index (χ2v) is 12.7. The van der Waals surface area contributed by atoms with Crippen molar-refractivity contribution in [1.82, 2.24) is 0 Å². The van der Waals surface area contributed by atoms with E-state index in [1.165, 1.54) is 0 Å². The van der Waals surface area contributed by atoms with Gasteiger partial charge in [-0.1, -0.05) is 54.6 Å². The molecule has 0 N–H and O–H groups in total. The van der Waals surface area contributed by atoms with E-state index >= 15 is 0 Å². The van der Waals surface area contributed by atoms with Gasteiger partial charge in [-0.05, 0) is 108 Å². The number of fused-ring (bicyclic) bond motifs is 2. The quantitative estimate of drug-likeness (QED) is 0.141. The van der Waals surface area contributed by atoms with Crippen LogP contribution >= 0.6 is 11.3 Å². The summed E-state index contributed by atoms with van der Waals surface area (Å²) in [5.41, 5.74) is 7.46. The molecular formula is C42H29NO4S. The Hall–Kier alpha value is -5.98. The summed E-state index contributed by atoms with van der Waals surface area (Å²) in [5.74, 6) is 1.80. The number of carbonyl (C=O) groups is 2. The van der Waals surface area contributed by atoms with Gasteiger partial charge in [-0.2, -0.15) is 0 Å². The van der Waals surface area contributed by atoms with E-state index in [-0.39, 0.29) is 17.1 Å². The van der Waals surface area contributed by atoms with Crippen LogP contribution in [0.4, 0.5) is 16.4 Å². The average molecular weight is 644 g/mol. The number of carbonyl (C=O) groups excluding carboxylic acids is 2. The van der Waals surface area contributed by atoms with Gasteiger partial charge in [0.2, 0.25) is 0 Å². The molecule has 1 aromatic heterocycles. The smallest absolute Gasteiger partial charge is 0.198 e. The average Bonchev–Trinajstić information content (AvgIpc) is 3.71. The van der Waals surface area contributed by atoms with Gasteiger partial charge in [0.25, 0.3) is 0 Å². The molecule has 1 aliphatic carbocycles. The van der Waals surface area contributed by atoms with Crippen molar-refractivity contribution in [3.63, 3.8) is 0 Å². The molecule has 0 unspecified atom stereocenters. The molecule has 3 heterocycles. The maximum Gasteiger partial charge on any atom is 0.198 e. The molecule has 6 heteroatoms. The number of hydrogen-bond acceptors (Lipinski definition) is 6. The van der Waals surface area contributed by atoms with E-state index in [9.17, 15) is 9.59 Å². The molecule has 0 bridgehead atoms. The summed E-state index contributed by atoms with van der Waals surface area (Å²) in [7, 11) is 0. The van der Waals surface area contributed by atoms with E-state index < -0.39 is 0 Å². The van der Waals surface area contributed by atoms with E-state index in [4.69, 9.17) is 9.47 Å². The first-order valence-corrected chi connectivity index (χ1v) is 16.5. The van der Waals surface area contributed by atoms with E-state index in [0.29, 0.717) is 34.0 Å². The fraction of sp³-hybridized carbons (Fsp3) is 0.0476. The number of benzene rings is 4. The number of Topliss-reactive ketones (excluding diaryl/α,β-unsaturated/α-hetero) is 2. The number of allylic oxidation sites excluding steroid dienone is 8. The summed E-state index contributed by atoms with van der Waals surface area (Å²) in [4.78, 5) is 29.5. The predicted octanol–water partition coefficient (Wildman–Crippen LogP) is 10.8. The van der Waals surface area contributed by atoms with Crippen LogP contribution in [0.5, 0.6) is 5.75 Å². The molecule has 0 spiro atoms. The first-order chi connectivity index (χ1) is 23.4. The third kappa shape index (κ3) is 5.32. The second kappa shape index (κ2) is 12.0. The van der Waals surface area contributed by atoms with Crippen molar-refractivity contribution in [3.05, 3.63) is 184 Å². The normalized spacial score (nSPS) is 17.5. The molecule has 0 saturated heterocycles. The molecular weight excluding hydrogens is 615 g/mol. The summed E-state index contributed by atoms with van der Waals surface area (Å²) in [6.45, 7) is 3.86. The lowest BCUT2D eigenvalue weighted by Gasteiger charge is -2.26. The first-order valence-electron chi connectivity index (χ1n) is 15.6. The Morgan fingerprint density at radius 3 is 2.17 bits per heavy atom. The topological polar surface area (TPSA) is 55.8 Å². The van der Waals surface area contributed by atoms with Crippen LogP contribution in [-0.2, 0) is 4.74 Å². The maximum atomic E-state index is 13.7. The van der Waals surface area contributed by atoms with E-state index in [0.717, 1.165) is 44.4 Å². The van der Waals surface area contributed by atoms with Gasteiger partial charge in [-0.25, -0.2) is 0 Å². The Morgan fingerprint density at radius 1 is 0.646 bits per heavy atom. The van der Waals surface area contributed by atoms with Crippen LogP contribution in [-0.4, -0.2) is 11.6 Å². The highest BCUT2D eigenvalue weighted by atomic mass is 32.1. The molecule has 48 heavy (non-hydrogen) atoms. The van der Waals surface area contributed by atoms with Crippen LogP contribution < -0.4 is 9.64 Å². The maximum absolute atomic E-state index is 13.7. The van der Waals surface area contributed by atoms with Gasteiger partial charge >= 0.3 is 0 Å². The molecule has 0 fully saturated rings. The number of para-hydroxylation sites is 1. The third-order valence-corrected chi connectivity index (χ3v) is 9.41. The molecule has 8 rings (SSSR count). The Morgan fingerprint density at radius 2 is 1.40 bits per heavy atom. The summed E-state index contributed by atoms with van der Waals surface area (Å²) in [6.07, 6.45) is 7.24. The van der Waals surface area contributed by atoms with Crippen molar-refractivity contribution < 1.29 is 19.1 Å². The van der Waals surface area contributed by atoms with Gasteiger partial charge < -0.3 is 14.4 Å². The predicted molar refractivity (Wildman–Crippen MR) is 192 cm³/mol. The third-order valence-electron chi connectivity index (χ3n) is 8.55. The van der Waals surface area contributed by atoms with Crippen LogP contribution in [0.25, 0.3) is 16.7 Å². The molecule has 5 nitrogen and oxygen atoms in total. The highest BCUT2D eigenvalue weighted by Crippen LogP contribution is 2.43. The van der Waals surface area contributed by atoms with Crippen molar-refractivity contribution in [2.24, 2.45) is 0 Å². The summed E-state index contributed by atoms with van der Waals surface area (Å²) in [6, 6.07) is 35.9. The van der Waals surface area contributed by atoms with Crippen LogP contribution in [0.1, 0.15) is 40.1 Å². The standard InChI is InChI=1S/C42H29NO4S/c1-26-20-33(47-38-24-32(16-18-35(26)38)43(39-14-9-19-48-39)31-12-7-4-8-13-31)25-34-22-30(21-27(2)46-34)40-41(44)36-17-15-29(23-37(36)42(40)45)28-10-5-3-6-11-28/h3-25H,1-2H3/b33-25+,40-30+. The van der Waals surface area contributed by atoms with Crippen LogP contribution in [0.15, 0.2) is 167 Å². The molecule has 232 valence electrons. The number of nitrogens with zero attached hydrogens (tertiary/aromatic N) is 1. The van der Waals surface area contributed by atoms with Gasteiger partial charge in [0.1, 0.15) is 23.0 Å². The minimum absolute atomic E-state index is 0.148. The summed E-state index contributed by atoms with van der Waals surface area (Å²) in [5, 5.41) is 3.16. The molecule has 0 atom stereocenters.